The highest BCUT2D eigenvalue weighted by Crippen LogP contribution is 2.47. The quantitative estimate of drug-likeness (QED) is 0.160. The summed E-state index contributed by atoms with van der Waals surface area (Å²) in [5.74, 6) is 0. The van der Waals surface area contributed by atoms with E-state index in [1.54, 1.807) is 0 Å². The Balaban J connectivity index is 1.06. The maximum absolute atomic E-state index is 11.9. The Morgan fingerprint density at radius 2 is 0.707 bits per heavy atom. The van der Waals surface area contributed by atoms with Crippen LogP contribution in [0.25, 0.3) is 118 Å². The Morgan fingerprint density at radius 1 is 0.320 bits per heavy atom. The Bertz CT molecular complexity index is 4660. The molecule has 0 aliphatic carbocycles. The maximum atomic E-state index is 11.9. The van der Waals surface area contributed by atoms with E-state index in [2.05, 4.69) is 226 Å². The van der Waals surface area contributed by atoms with Crippen LogP contribution in [0.4, 0.5) is 17.1 Å². The van der Waals surface area contributed by atoms with E-state index in [1.807, 2.05) is 59.1 Å². The number of hydrogen-bond acceptors (Lipinski definition) is 5. The number of benzene rings is 11. The molecule has 0 unspecified atom stereocenters. The third-order valence-electron chi connectivity index (χ3n) is 15.0. The normalized spacial score (nSPS) is 11.7. The predicted molar refractivity (Wildman–Crippen MR) is 316 cm³/mol. The van der Waals surface area contributed by atoms with Crippen molar-refractivity contribution in [3.63, 3.8) is 0 Å². The van der Waals surface area contributed by atoms with Crippen LogP contribution in [0.15, 0.2) is 237 Å². The van der Waals surface area contributed by atoms with Crippen molar-refractivity contribution >= 4 is 124 Å². The standard InChI is InChI=1S/C68H39N5S2/c69-40-56-62(71(46-15-3-1-4-16-46)47-17-5-2-6-18-47)39-63(72-58-23-11-7-19-48(58)49-20-8-12-24-59(49)72)57(41-70)68(56)73-60-31-27-42(44-29-33-66-54(37-44)50-21-9-13-25-64(50)74-66)35-52(60)53-36-43(28-32-61(53)73)45-30-34-67-55(38-45)51-22-10-14-26-65(51)75-67/h1-39H. The first kappa shape index (κ1) is 42.9. The molecule has 15 rings (SSSR count). The van der Waals surface area contributed by atoms with E-state index in [0.29, 0.717) is 28.2 Å². The van der Waals surface area contributed by atoms with Crippen molar-refractivity contribution < 1.29 is 0 Å². The lowest BCUT2D eigenvalue weighted by molar-refractivity contribution is 1.10. The van der Waals surface area contributed by atoms with Crippen LogP contribution in [0.2, 0.25) is 0 Å². The van der Waals surface area contributed by atoms with Gasteiger partial charge in [0.25, 0.3) is 0 Å². The summed E-state index contributed by atoms with van der Waals surface area (Å²) in [5.41, 5.74) is 12.5. The molecule has 75 heavy (non-hydrogen) atoms. The average molecular weight is 990 g/mol. The zero-order valence-corrected chi connectivity index (χ0v) is 41.7. The van der Waals surface area contributed by atoms with Crippen molar-refractivity contribution in [2.24, 2.45) is 0 Å². The summed E-state index contributed by atoms with van der Waals surface area (Å²) in [6.45, 7) is 0. The third kappa shape index (κ3) is 6.60. The second-order valence-corrected chi connectivity index (χ2v) is 21.2. The van der Waals surface area contributed by atoms with E-state index >= 15 is 0 Å². The molecule has 0 spiro atoms. The fourth-order valence-corrected chi connectivity index (χ4v) is 13.8. The van der Waals surface area contributed by atoms with Gasteiger partial charge in [0, 0.05) is 73.3 Å². The van der Waals surface area contributed by atoms with Crippen molar-refractivity contribution in [3.8, 4) is 45.8 Å². The number of fused-ring (bicyclic) bond motifs is 12. The molecule has 0 fully saturated rings. The van der Waals surface area contributed by atoms with Gasteiger partial charge in [0.15, 0.2) is 0 Å². The fourth-order valence-electron chi connectivity index (χ4n) is 11.6. The monoisotopic (exact) mass is 989 g/mol. The van der Waals surface area contributed by atoms with E-state index in [1.165, 1.54) is 40.3 Å². The van der Waals surface area contributed by atoms with Gasteiger partial charge in [-0.1, -0.05) is 133 Å². The Hall–Kier alpha value is -9.76. The smallest absolute Gasteiger partial charge is 0.104 e. The molecule has 0 amide bonds. The molecule has 0 N–H and O–H groups in total. The highest BCUT2D eigenvalue weighted by Gasteiger charge is 2.30. The highest BCUT2D eigenvalue weighted by atomic mass is 32.1. The predicted octanol–water partition coefficient (Wildman–Crippen LogP) is 19.2. The summed E-state index contributed by atoms with van der Waals surface area (Å²) < 4.78 is 9.45. The number of para-hydroxylation sites is 4. The van der Waals surface area contributed by atoms with Crippen molar-refractivity contribution in [2.75, 3.05) is 4.90 Å². The SMILES string of the molecule is N#Cc1c(N(c2ccccc2)c2ccccc2)cc(-n2c3ccccc3c3ccccc32)c(C#N)c1-n1c2ccc(-c3ccc4sc5ccccc5c4c3)cc2c2cc(-c3ccc4sc5ccccc5c4c3)ccc21. The van der Waals surface area contributed by atoms with Crippen LogP contribution in [-0.4, -0.2) is 9.13 Å². The zero-order valence-electron chi connectivity index (χ0n) is 40.1. The third-order valence-corrected chi connectivity index (χ3v) is 17.3. The van der Waals surface area contributed by atoms with Crippen LogP contribution in [0.5, 0.6) is 0 Å². The van der Waals surface area contributed by atoms with E-state index in [0.717, 1.165) is 77.2 Å². The summed E-state index contributed by atoms with van der Waals surface area (Å²) in [6, 6.07) is 88.9. The van der Waals surface area contributed by atoms with Gasteiger partial charge in [-0.25, -0.2) is 0 Å². The largest absolute Gasteiger partial charge is 0.309 e. The summed E-state index contributed by atoms with van der Waals surface area (Å²) in [4.78, 5) is 2.15. The van der Waals surface area contributed by atoms with Crippen LogP contribution in [0, 0.1) is 22.7 Å². The summed E-state index contributed by atoms with van der Waals surface area (Å²) in [7, 11) is 0. The second kappa shape index (κ2) is 16.9. The van der Waals surface area contributed by atoms with Crippen LogP contribution >= 0.6 is 22.7 Å². The molecule has 11 aromatic carbocycles. The summed E-state index contributed by atoms with van der Waals surface area (Å²) >= 11 is 3.64. The van der Waals surface area contributed by atoms with Gasteiger partial charge >= 0.3 is 0 Å². The molecule has 0 saturated heterocycles. The van der Waals surface area contributed by atoms with Gasteiger partial charge in [0.05, 0.1) is 39.1 Å². The fraction of sp³-hybridized carbons (Fsp3) is 0. The number of rotatable bonds is 7. The molecule has 0 aliphatic heterocycles. The van der Waals surface area contributed by atoms with Gasteiger partial charge in [-0.05, 0) is 125 Å². The van der Waals surface area contributed by atoms with Crippen LogP contribution in [-0.2, 0) is 0 Å². The molecule has 4 aromatic heterocycles. The molecular weight excluding hydrogens is 951 g/mol. The average Bonchev–Trinajstić information content (AvgIpc) is 4.25. The molecule has 0 aliphatic rings. The van der Waals surface area contributed by atoms with E-state index in [9.17, 15) is 10.5 Å². The molecular formula is C68H39N5S2. The molecule has 15 aromatic rings. The second-order valence-electron chi connectivity index (χ2n) is 19.0. The van der Waals surface area contributed by atoms with Crippen LogP contribution in [0.3, 0.4) is 0 Å². The summed E-state index contributed by atoms with van der Waals surface area (Å²) in [5, 5.41) is 33.0. The van der Waals surface area contributed by atoms with Gasteiger partial charge in [-0.3, -0.25) is 0 Å². The zero-order chi connectivity index (χ0) is 49.7. The topological polar surface area (TPSA) is 60.7 Å². The van der Waals surface area contributed by atoms with E-state index in [4.69, 9.17) is 0 Å². The number of thiophene rings is 2. The van der Waals surface area contributed by atoms with Crippen molar-refractivity contribution in [1.82, 2.24) is 9.13 Å². The Kier molecular flexibility index (Phi) is 9.67. The molecule has 0 atom stereocenters. The number of nitriles is 2. The maximum Gasteiger partial charge on any atom is 0.104 e. The lowest BCUT2D eigenvalue weighted by atomic mass is 9.98. The van der Waals surface area contributed by atoms with Gasteiger partial charge in [0.1, 0.15) is 23.3 Å². The van der Waals surface area contributed by atoms with Crippen molar-refractivity contribution in [3.05, 3.63) is 248 Å². The van der Waals surface area contributed by atoms with E-state index < -0.39 is 0 Å². The van der Waals surface area contributed by atoms with Gasteiger partial charge < -0.3 is 14.0 Å². The first-order chi connectivity index (χ1) is 37.1. The summed E-state index contributed by atoms with van der Waals surface area (Å²) in [6.07, 6.45) is 0. The van der Waals surface area contributed by atoms with Crippen LogP contribution < -0.4 is 4.90 Å². The molecule has 5 nitrogen and oxygen atoms in total. The minimum absolute atomic E-state index is 0.375. The number of hydrogen-bond donors (Lipinski definition) is 0. The van der Waals surface area contributed by atoms with Gasteiger partial charge in [0.2, 0.25) is 0 Å². The van der Waals surface area contributed by atoms with Gasteiger partial charge in [-0.15, -0.1) is 22.7 Å². The molecule has 0 radical (unpaired) electrons. The lowest BCUT2D eigenvalue weighted by Crippen LogP contribution is -2.16. The minimum atomic E-state index is 0.375. The van der Waals surface area contributed by atoms with Crippen molar-refractivity contribution in [1.29, 1.82) is 10.5 Å². The molecule has 0 bridgehead atoms. The molecule has 0 saturated carbocycles. The molecule has 7 heteroatoms. The lowest BCUT2D eigenvalue weighted by Gasteiger charge is -2.29. The minimum Gasteiger partial charge on any atom is -0.309 e. The number of aromatic nitrogens is 2. The Morgan fingerprint density at radius 3 is 1.19 bits per heavy atom. The van der Waals surface area contributed by atoms with Crippen LogP contribution in [0.1, 0.15) is 11.1 Å². The van der Waals surface area contributed by atoms with Crippen molar-refractivity contribution in [2.45, 2.75) is 0 Å². The number of anilines is 3. The van der Waals surface area contributed by atoms with Gasteiger partial charge in [-0.2, -0.15) is 10.5 Å². The Labute approximate surface area is 439 Å². The first-order valence-electron chi connectivity index (χ1n) is 24.9. The first-order valence-corrected chi connectivity index (χ1v) is 26.6. The highest BCUT2D eigenvalue weighted by molar-refractivity contribution is 7.26. The van der Waals surface area contributed by atoms with E-state index in [-0.39, 0.29) is 0 Å². The molecule has 4 heterocycles. The number of nitrogens with zero attached hydrogens (tertiary/aromatic N) is 5. The molecule has 348 valence electrons.